The summed E-state index contributed by atoms with van der Waals surface area (Å²) in [7, 11) is 0. The van der Waals surface area contributed by atoms with E-state index in [1.807, 2.05) is 0 Å². The van der Waals surface area contributed by atoms with E-state index >= 15 is 57.1 Å². The summed E-state index contributed by atoms with van der Waals surface area (Å²) in [6, 6.07) is 0. The van der Waals surface area contributed by atoms with Crippen molar-refractivity contribution >= 4 is 0 Å². The maximum absolute atomic E-state index is 16.1. The van der Waals surface area contributed by atoms with Crippen molar-refractivity contribution in [2.24, 2.45) is 0 Å². The number of hydrogen-bond acceptors (Lipinski definition) is 6. The van der Waals surface area contributed by atoms with Gasteiger partial charge in [0.05, 0.1) is 0 Å². The molecule has 0 spiro atoms. The second-order valence-corrected chi connectivity index (χ2v) is 11.5. The Bertz CT molecular complexity index is 1460. The van der Waals surface area contributed by atoms with Crippen LogP contribution >= 0.6 is 0 Å². The molecule has 4 bridgehead atoms. The first-order valence-electron chi connectivity index (χ1n) is 12.7. The van der Waals surface area contributed by atoms with Gasteiger partial charge in [0, 0.05) is 0 Å². The fourth-order valence-electron chi connectivity index (χ4n) is 5.95. The van der Waals surface area contributed by atoms with Gasteiger partial charge in [-0.15, -0.1) is 14.8 Å². The van der Waals surface area contributed by atoms with Crippen LogP contribution in [0.3, 0.4) is 0 Å². The van der Waals surface area contributed by atoms with Crippen molar-refractivity contribution in [3.8, 4) is 0 Å². The van der Waals surface area contributed by atoms with Crippen molar-refractivity contribution in [3.63, 3.8) is 0 Å². The van der Waals surface area contributed by atoms with E-state index in [9.17, 15) is 92.6 Å². The fraction of sp³-hybridized carbons (Fsp3) is 1.00. The minimum absolute atomic E-state index is 0.731. The second-order valence-electron chi connectivity index (χ2n) is 11.5. The smallest absolute Gasteiger partial charge is 0.289 e. The second kappa shape index (κ2) is 11.9. The molecule has 4 fully saturated rings. The molecule has 350 valence electrons. The van der Waals surface area contributed by atoms with Gasteiger partial charge in [0.25, 0.3) is 16.8 Å². The van der Waals surface area contributed by atoms with Crippen molar-refractivity contribution < 1.29 is 179 Å². The highest BCUT2D eigenvalue weighted by Gasteiger charge is 3.24. The molecule has 6 nitrogen and oxygen atoms in total. The summed E-state index contributed by atoms with van der Waals surface area (Å²) in [5, 5.41) is 0. The zero-order valence-corrected chi connectivity index (χ0v) is 24.8. The Morgan fingerprint density at radius 2 is 0.407 bits per heavy atom. The van der Waals surface area contributed by atoms with Gasteiger partial charge < -0.3 is 0 Å². The molecule has 3 unspecified atom stereocenters. The summed E-state index contributed by atoms with van der Waals surface area (Å²) < 4.78 is 494. The molecule has 4 aliphatic carbocycles. The number of alkyl halides is 31. The number of halogens is 34. The van der Waals surface area contributed by atoms with Crippen molar-refractivity contribution in [1.29, 1.82) is 0 Å². The molecule has 40 heteroatoms. The Hall–Kier alpha value is -2.62. The minimum atomic E-state index is -10.2. The number of rotatable bonds is 12. The van der Waals surface area contributed by atoms with Crippen LogP contribution in [0.2, 0.25) is 0 Å². The molecule has 0 aromatic rings. The van der Waals surface area contributed by atoms with E-state index in [1.165, 1.54) is 14.2 Å². The molecular weight excluding hydrogens is 970 g/mol. The van der Waals surface area contributed by atoms with E-state index in [2.05, 4.69) is 0 Å². The van der Waals surface area contributed by atoms with Gasteiger partial charge in [-0.2, -0.15) is 132 Å². The number of ether oxygens (including phenoxy) is 3. The fourth-order valence-corrected chi connectivity index (χ4v) is 5.95. The molecule has 0 saturated heterocycles. The lowest BCUT2D eigenvalue weighted by atomic mass is 9.38. The summed E-state index contributed by atoms with van der Waals surface area (Å²) in [5.74, 6) is -86.3. The normalized spacial score (nSPS) is 35.5. The lowest BCUT2D eigenvalue weighted by Gasteiger charge is -2.77. The highest BCUT2D eigenvalue weighted by molar-refractivity contribution is 5.55. The quantitative estimate of drug-likeness (QED) is 0.182. The molecule has 0 radical (unpaired) electrons. The predicted octanol–water partition coefficient (Wildman–Crippen LogP) is 9.98. The Labute approximate surface area is 292 Å². The van der Waals surface area contributed by atoms with E-state index < -0.39 is 112 Å². The summed E-state index contributed by atoms with van der Waals surface area (Å²) in [6.45, 7) is 0. The molecule has 0 aromatic carbocycles. The molecule has 0 heterocycles. The average molecular weight is 970 g/mol. The molecule has 0 N–H and O–H groups in total. The summed E-state index contributed by atoms with van der Waals surface area (Å²) in [6.07, 6.45) is -53.5. The first-order valence-corrected chi connectivity index (χ1v) is 12.7. The van der Waals surface area contributed by atoms with Crippen molar-refractivity contribution in [1.82, 2.24) is 0 Å². The van der Waals surface area contributed by atoms with Crippen LogP contribution in [0.5, 0.6) is 0 Å². The molecule has 4 saturated carbocycles. The molecule has 0 aliphatic heterocycles. The van der Waals surface area contributed by atoms with Crippen LogP contribution in [0.25, 0.3) is 0 Å². The van der Waals surface area contributed by atoms with Crippen LogP contribution in [-0.4, -0.2) is 112 Å². The molecule has 0 amide bonds. The van der Waals surface area contributed by atoms with E-state index in [0.717, 1.165) is 14.8 Å². The molecule has 3 atom stereocenters. The molecule has 59 heavy (non-hydrogen) atoms. The maximum Gasteiger partial charge on any atom is 0.461 e. The van der Waals surface area contributed by atoms with Crippen LogP contribution < -0.4 is 0 Å². The van der Waals surface area contributed by atoms with E-state index in [0.29, 0.717) is 0 Å². The third-order valence-electron chi connectivity index (χ3n) is 8.66. The van der Waals surface area contributed by atoms with Crippen molar-refractivity contribution in [3.05, 3.63) is 0 Å². The maximum atomic E-state index is 16.1. The first-order chi connectivity index (χ1) is 25.3. The first kappa shape index (κ1) is 50.7. The third-order valence-corrected chi connectivity index (χ3v) is 8.66. The SMILES string of the molecule is FOC(F)(C(F)(F)F)C(F)(F)OC12C(F)(F)C3(F)C(F)(F)C(OC(F)(F)C(F)(OF)C(F)(F)F)(C1(F)F)C(F)(F)C(OC(F)(F)C(F)(OF)C(F)(F)F)(C3(F)F)C2(F)F. The van der Waals surface area contributed by atoms with Gasteiger partial charge in [-0.1, -0.05) is 0 Å². The highest BCUT2D eigenvalue weighted by atomic mass is 19.4. The highest BCUT2D eigenvalue weighted by Crippen LogP contribution is 2.90. The summed E-state index contributed by atoms with van der Waals surface area (Å²) >= 11 is 0. The van der Waals surface area contributed by atoms with Crippen LogP contribution in [0.4, 0.5) is 150 Å². The minimum Gasteiger partial charge on any atom is -0.289 e. The summed E-state index contributed by atoms with van der Waals surface area (Å²) in [5.41, 5.74) is -40.1. The Morgan fingerprint density at radius 1 is 0.254 bits per heavy atom. The van der Waals surface area contributed by atoms with Crippen LogP contribution in [0.15, 0.2) is 0 Å². The van der Waals surface area contributed by atoms with Gasteiger partial charge in [0.15, 0.2) is 0 Å². The summed E-state index contributed by atoms with van der Waals surface area (Å²) in [4.78, 5) is 2.19. The van der Waals surface area contributed by atoms with Gasteiger partial charge in [-0.05, 0) is 13.6 Å². The van der Waals surface area contributed by atoms with Gasteiger partial charge in [-0.25, -0.2) is 4.39 Å². The zero-order valence-electron chi connectivity index (χ0n) is 24.8. The zero-order chi connectivity index (χ0) is 47.7. The average Bonchev–Trinajstić information content (AvgIpc) is 3.02. The topological polar surface area (TPSA) is 55.4 Å². The van der Waals surface area contributed by atoms with E-state index in [1.54, 1.807) is 0 Å². The molecule has 4 rings (SSSR count). The van der Waals surface area contributed by atoms with Crippen molar-refractivity contribution in [2.45, 2.75) is 112 Å². The van der Waals surface area contributed by atoms with Gasteiger partial charge in [0.2, 0.25) is 0 Å². The largest absolute Gasteiger partial charge is 0.461 e. The van der Waals surface area contributed by atoms with E-state index in [-0.39, 0.29) is 0 Å². The Kier molecular flexibility index (Phi) is 10.2. The lowest BCUT2D eigenvalue weighted by Crippen LogP contribution is -3.12. The van der Waals surface area contributed by atoms with Gasteiger partial charge >= 0.3 is 95.6 Å². The third kappa shape index (κ3) is 4.54. The van der Waals surface area contributed by atoms with Crippen LogP contribution in [0.1, 0.15) is 0 Å². The molecule has 4 aliphatic rings. The van der Waals surface area contributed by atoms with Crippen LogP contribution in [-0.2, 0) is 29.0 Å². The predicted molar refractivity (Wildman–Crippen MR) is 96.1 cm³/mol. The van der Waals surface area contributed by atoms with E-state index in [4.69, 9.17) is 0 Å². The van der Waals surface area contributed by atoms with Crippen LogP contribution in [0, 0.1) is 0 Å². The lowest BCUT2D eigenvalue weighted by molar-refractivity contribution is -0.681. The number of hydrogen-bond donors (Lipinski definition) is 0. The standard InChI is InChI=1S/C19F34O6/c20-1-5(21,22)2(54-17(45,46)11(33,57-51)14(36,37)38)8(27,28)3(6(1,23)24,55-18(47,48)12(34,58-52)15(39,40)41)10(31,32)4(7(1,25)26,9(2,29)30)56-19(49,50)13(35,59-53)16(42,43)44. The monoisotopic (exact) mass is 970 g/mol. The Balaban J connectivity index is 2.95. The Morgan fingerprint density at radius 3 is 0.525 bits per heavy atom. The molecular formula is C19F34O6. The van der Waals surface area contributed by atoms with Gasteiger partial charge in [0.1, 0.15) is 0 Å². The molecule has 0 aromatic heterocycles. The van der Waals surface area contributed by atoms with Gasteiger partial charge in [-0.3, -0.25) is 14.2 Å². The van der Waals surface area contributed by atoms with Crippen molar-refractivity contribution in [2.75, 3.05) is 0 Å².